The van der Waals surface area contributed by atoms with Gasteiger partial charge in [0.25, 0.3) is 11.8 Å². The number of carbonyl (C=O) groups excluding carboxylic acids is 2. The summed E-state index contributed by atoms with van der Waals surface area (Å²) in [5.41, 5.74) is 2.23. The van der Waals surface area contributed by atoms with E-state index in [1.54, 1.807) is 19.2 Å². The second-order valence-corrected chi connectivity index (χ2v) is 6.99. The molecule has 1 fully saturated rings. The molecular formula is C22H26FN3O3. The summed E-state index contributed by atoms with van der Waals surface area (Å²) in [5, 5.41) is 5.64. The smallest absolute Gasteiger partial charge is 0.255 e. The third-order valence-corrected chi connectivity index (χ3v) is 4.89. The first-order chi connectivity index (χ1) is 14.1. The minimum Gasteiger partial charge on any atom is -0.383 e. The van der Waals surface area contributed by atoms with E-state index in [0.717, 1.165) is 31.6 Å². The van der Waals surface area contributed by atoms with E-state index >= 15 is 0 Å². The van der Waals surface area contributed by atoms with Crippen LogP contribution in [0.15, 0.2) is 42.5 Å². The molecule has 2 amide bonds. The largest absolute Gasteiger partial charge is 0.383 e. The van der Waals surface area contributed by atoms with Crippen LogP contribution in [0.2, 0.25) is 0 Å². The predicted molar refractivity (Wildman–Crippen MR) is 111 cm³/mol. The number of anilines is 2. The van der Waals surface area contributed by atoms with Gasteiger partial charge in [-0.3, -0.25) is 9.59 Å². The van der Waals surface area contributed by atoms with Crippen LogP contribution < -0.4 is 15.5 Å². The molecule has 0 unspecified atom stereocenters. The van der Waals surface area contributed by atoms with Gasteiger partial charge in [-0.25, -0.2) is 4.39 Å². The van der Waals surface area contributed by atoms with E-state index in [0.29, 0.717) is 30.0 Å². The second-order valence-electron chi connectivity index (χ2n) is 6.99. The summed E-state index contributed by atoms with van der Waals surface area (Å²) in [6.07, 6.45) is 3.37. The van der Waals surface area contributed by atoms with E-state index in [-0.39, 0.29) is 11.8 Å². The summed E-state index contributed by atoms with van der Waals surface area (Å²) in [4.78, 5) is 27.4. The van der Waals surface area contributed by atoms with E-state index in [2.05, 4.69) is 15.5 Å². The summed E-state index contributed by atoms with van der Waals surface area (Å²) >= 11 is 0. The zero-order valence-electron chi connectivity index (χ0n) is 16.5. The summed E-state index contributed by atoms with van der Waals surface area (Å²) in [7, 11) is 1.58. The number of rotatable bonds is 7. The second kappa shape index (κ2) is 10.0. The highest BCUT2D eigenvalue weighted by Gasteiger charge is 2.19. The van der Waals surface area contributed by atoms with Crippen LogP contribution in [-0.4, -0.2) is 45.2 Å². The molecule has 154 valence electrons. The van der Waals surface area contributed by atoms with Gasteiger partial charge in [0.05, 0.1) is 12.2 Å². The highest BCUT2D eigenvalue weighted by Crippen LogP contribution is 2.27. The Labute approximate surface area is 170 Å². The van der Waals surface area contributed by atoms with Crippen molar-refractivity contribution in [2.24, 2.45) is 0 Å². The Morgan fingerprint density at radius 2 is 1.76 bits per heavy atom. The van der Waals surface area contributed by atoms with E-state index < -0.39 is 5.82 Å². The highest BCUT2D eigenvalue weighted by atomic mass is 19.1. The first-order valence-electron chi connectivity index (χ1n) is 9.81. The minimum absolute atomic E-state index is 0.208. The molecule has 1 aliphatic heterocycles. The SMILES string of the molecule is COCCNC(=O)c1cc(NC(=O)c2ccc(F)cc2)ccc1N1CCCCC1. The van der Waals surface area contributed by atoms with Crippen LogP contribution in [0, 0.1) is 5.82 Å². The fraction of sp³-hybridized carbons (Fsp3) is 0.364. The normalized spacial score (nSPS) is 13.8. The molecule has 2 N–H and O–H groups in total. The Hall–Kier alpha value is -2.93. The summed E-state index contributed by atoms with van der Waals surface area (Å²) in [5.74, 6) is -0.968. The number of carbonyl (C=O) groups is 2. The number of hydrogen-bond donors (Lipinski definition) is 2. The van der Waals surface area contributed by atoms with Gasteiger partial charge in [-0.2, -0.15) is 0 Å². The molecule has 0 spiro atoms. The molecule has 0 bridgehead atoms. The number of ether oxygens (including phenoxy) is 1. The number of nitrogens with zero attached hydrogens (tertiary/aromatic N) is 1. The fourth-order valence-electron chi connectivity index (χ4n) is 3.37. The molecule has 7 heteroatoms. The van der Waals surface area contributed by atoms with Crippen molar-refractivity contribution in [3.05, 3.63) is 59.4 Å². The van der Waals surface area contributed by atoms with Gasteiger partial charge in [-0.05, 0) is 61.7 Å². The molecule has 0 atom stereocenters. The first-order valence-corrected chi connectivity index (χ1v) is 9.81. The Bertz CT molecular complexity index is 849. The number of amides is 2. The Morgan fingerprint density at radius 1 is 1.03 bits per heavy atom. The van der Waals surface area contributed by atoms with Crippen LogP contribution >= 0.6 is 0 Å². The van der Waals surface area contributed by atoms with Crippen LogP contribution in [0.25, 0.3) is 0 Å². The molecule has 2 aromatic carbocycles. The molecule has 3 rings (SSSR count). The van der Waals surface area contributed by atoms with Crippen molar-refractivity contribution in [1.29, 1.82) is 0 Å². The van der Waals surface area contributed by atoms with E-state index in [9.17, 15) is 14.0 Å². The average molecular weight is 399 g/mol. The minimum atomic E-state index is -0.401. The van der Waals surface area contributed by atoms with Crippen LogP contribution in [0.4, 0.5) is 15.8 Å². The summed E-state index contributed by atoms with van der Waals surface area (Å²) in [6.45, 7) is 2.63. The van der Waals surface area contributed by atoms with E-state index in [1.165, 1.54) is 30.7 Å². The molecule has 1 aliphatic rings. The standard InChI is InChI=1S/C22H26FN3O3/c1-29-14-11-24-22(28)19-15-18(9-10-20(19)26-12-3-2-4-13-26)25-21(27)16-5-7-17(23)8-6-16/h5-10,15H,2-4,11-14H2,1H3,(H,24,28)(H,25,27). The highest BCUT2D eigenvalue weighted by molar-refractivity contribution is 6.06. The number of halogens is 1. The maximum Gasteiger partial charge on any atom is 0.255 e. The molecular weight excluding hydrogens is 373 g/mol. The molecule has 6 nitrogen and oxygen atoms in total. The van der Waals surface area contributed by atoms with Crippen molar-refractivity contribution in [2.75, 3.05) is 43.6 Å². The van der Waals surface area contributed by atoms with Gasteiger partial charge in [0.1, 0.15) is 5.82 Å². The van der Waals surface area contributed by atoms with E-state index in [4.69, 9.17) is 4.74 Å². The number of piperidine rings is 1. The lowest BCUT2D eigenvalue weighted by Gasteiger charge is -2.30. The Morgan fingerprint density at radius 3 is 2.45 bits per heavy atom. The lowest BCUT2D eigenvalue weighted by Crippen LogP contribution is -2.33. The van der Waals surface area contributed by atoms with Gasteiger partial charge >= 0.3 is 0 Å². The average Bonchev–Trinajstić information content (AvgIpc) is 2.75. The third kappa shape index (κ3) is 5.54. The monoisotopic (exact) mass is 399 g/mol. The number of nitrogens with one attached hydrogen (secondary N) is 2. The van der Waals surface area contributed by atoms with Crippen LogP contribution in [0.3, 0.4) is 0 Å². The van der Waals surface area contributed by atoms with Gasteiger partial charge in [0.2, 0.25) is 0 Å². The van der Waals surface area contributed by atoms with Gasteiger partial charge < -0.3 is 20.3 Å². The van der Waals surface area contributed by atoms with E-state index in [1.807, 2.05) is 6.07 Å². The molecule has 2 aromatic rings. The molecule has 0 aliphatic carbocycles. The fourth-order valence-corrected chi connectivity index (χ4v) is 3.37. The van der Waals surface area contributed by atoms with Crippen molar-refractivity contribution in [3.63, 3.8) is 0 Å². The predicted octanol–water partition coefficient (Wildman–Crippen LogP) is 3.44. The Balaban J connectivity index is 1.82. The molecule has 0 radical (unpaired) electrons. The molecule has 1 heterocycles. The van der Waals surface area contributed by atoms with Gasteiger partial charge in [-0.15, -0.1) is 0 Å². The summed E-state index contributed by atoms with van der Waals surface area (Å²) < 4.78 is 18.1. The Kier molecular flexibility index (Phi) is 7.19. The van der Waals surface area contributed by atoms with Gasteiger partial charge in [0.15, 0.2) is 0 Å². The lowest BCUT2D eigenvalue weighted by atomic mass is 10.1. The maximum atomic E-state index is 13.1. The third-order valence-electron chi connectivity index (χ3n) is 4.89. The molecule has 1 saturated heterocycles. The van der Waals surface area contributed by atoms with Crippen LogP contribution in [0.5, 0.6) is 0 Å². The zero-order valence-corrected chi connectivity index (χ0v) is 16.5. The number of hydrogen-bond acceptors (Lipinski definition) is 4. The van der Waals surface area contributed by atoms with Gasteiger partial charge in [-0.1, -0.05) is 0 Å². The lowest BCUT2D eigenvalue weighted by molar-refractivity contribution is 0.0936. The topological polar surface area (TPSA) is 70.7 Å². The first kappa shape index (κ1) is 20.8. The van der Waals surface area contributed by atoms with Crippen molar-refractivity contribution in [3.8, 4) is 0 Å². The maximum absolute atomic E-state index is 13.1. The van der Waals surface area contributed by atoms with Crippen molar-refractivity contribution < 1.29 is 18.7 Å². The van der Waals surface area contributed by atoms with Crippen LogP contribution in [-0.2, 0) is 4.74 Å². The quantitative estimate of drug-likeness (QED) is 0.700. The van der Waals surface area contributed by atoms with Crippen molar-refractivity contribution in [2.45, 2.75) is 19.3 Å². The van der Waals surface area contributed by atoms with Gasteiger partial charge in [0, 0.05) is 43.7 Å². The zero-order chi connectivity index (χ0) is 20.6. The van der Waals surface area contributed by atoms with Crippen molar-refractivity contribution in [1.82, 2.24) is 5.32 Å². The number of benzene rings is 2. The van der Waals surface area contributed by atoms with Crippen LogP contribution in [0.1, 0.15) is 40.0 Å². The molecule has 29 heavy (non-hydrogen) atoms. The molecule has 0 aromatic heterocycles. The number of methoxy groups -OCH3 is 1. The molecule has 0 saturated carbocycles. The van der Waals surface area contributed by atoms with Crippen molar-refractivity contribution >= 4 is 23.2 Å². The summed E-state index contributed by atoms with van der Waals surface area (Å²) in [6, 6.07) is 10.7.